The van der Waals surface area contributed by atoms with Crippen molar-refractivity contribution >= 4 is 0 Å². The summed E-state index contributed by atoms with van der Waals surface area (Å²) < 4.78 is 0. The minimum absolute atomic E-state index is 0.105. The minimum Gasteiger partial charge on any atom is -0.306 e. The van der Waals surface area contributed by atoms with Gasteiger partial charge in [-0.3, -0.25) is 0 Å². The second kappa shape index (κ2) is 3.23. The van der Waals surface area contributed by atoms with Gasteiger partial charge in [0.25, 0.3) is 0 Å². The van der Waals surface area contributed by atoms with E-state index in [-0.39, 0.29) is 5.41 Å². The Kier molecular flexibility index (Phi) is 2.51. The highest BCUT2D eigenvalue weighted by Crippen LogP contribution is 2.32. The van der Waals surface area contributed by atoms with E-state index in [2.05, 4.69) is 24.9 Å². The molecule has 0 atom stereocenters. The summed E-state index contributed by atoms with van der Waals surface area (Å²) in [5.41, 5.74) is -0.105. The molecule has 1 radical (unpaired) electrons. The molecule has 0 saturated carbocycles. The van der Waals surface area contributed by atoms with E-state index in [9.17, 15) is 0 Å². The molecule has 1 fully saturated rings. The monoisotopic (exact) mass is 151 g/mol. The lowest BCUT2D eigenvalue weighted by atomic mass is 9.78. The second-order valence-electron chi connectivity index (χ2n) is 3.45. The largest absolute Gasteiger partial charge is 0.306 e. The van der Waals surface area contributed by atoms with Crippen LogP contribution >= 0.6 is 0 Å². The summed E-state index contributed by atoms with van der Waals surface area (Å²) in [5.74, 6) is 0. The molecule has 0 unspecified atom stereocenters. The zero-order valence-corrected chi connectivity index (χ0v) is 7.14. The number of likely N-dealkylation sites (tertiary alicyclic amines) is 1. The first-order valence-electron chi connectivity index (χ1n) is 4.11. The molecule has 1 aliphatic rings. The van der Waals surface area contributed by atoms with Gasteiger partial charge >= 0.3 is 0 Å². The van der Waals surface area contributed by atoms with E-state index in [4.69, 9.17) is 5.26 Å². The van der Waals surface area contributed by atoms with Crippen molar-refractivity contribution in [3.63, 3.8) is 0 Å². The summed E-state index contributed by atoms with van der Waals surface area (Å²) in [7, 11) is 2.10. The van der Waals surface area contributed by atoms with Crippen LogP contribution < -0.4 is 0 Å². The van der Waals surface area contributed by atoms with Crippen molar-refractivity contribution in [1.29, 1.82) is 5.26 Å². The Morgan fingerprint density at radius 2 is 2.09 bits per heavy atom. The van der Waals surface area contributed by atoms with E-state index in [0.29, 0.717) is 0 Å². The lowest BCUT2D eigenvalue weighted by Gasteiger charge is -2.34. The van der Waals surface area contributed by atoms with Crippen LogP contribution in [0.1, 0.15) is 19.3 Å². The van der Waals surface area contributed by atoms with Gasteiger partial charge in [-0.05, 0) is 39.4 Å². The van der Waals surface area contributed by atoms with E-state index >= 15 is 0 Å². The molecule has 1 saturated heterocycles. The number of rotatable bonds is 1. The predicted molar refractivity (Wildman–Crippen MR) is 44.8 cm³/mol. The molecule has 0 aliphatic carbocycles. The predicted octanol–water partition coefficient (Wildman–Crippen LogP) is 1.45. The fraction of sp³-hybridized carbons (Fsp3) is 0.778. The molecule has 0 aromatic rings. The van der Waals surface area contributed by atoms with Crippen molar-refractivity contribution in [1.82, 2.24) is 4.90 Å². The highest BCUT2D eigenvalue weighted by atomic mass is 15.1. The average molecular weight is 151 g/mol. The van der Waals surface area contributed by atoms with Crippen LogP contribution in [-0.4, -0.2) is 25.0 Å². The van der Waals surface area contributed by atoms with E-state index in [1.807, 2.05) is 0 Å². The highest BCUT2D eigenvalue weighted by molar-refractivity contribution is 5.01. The average Bonchev–Trinajstić information content (AvgIpc) is 2.07. The van der Waals surface area contributed by atoms with Gasteiger partial charge in [0.15, 0.2) is 0 Å². The number of hydrogen-bond acceptors (Lipinski definition) is 2. The fourth-order valence-electron chi connectivity index (χ4n) is 1.46. The number of nitrogens with zero attached hydrogens (tertiary/aromatic N) is 2. The lowest BCUT2D eigenvalue weighted by Crippen LogP contribution is -2.36. The van der Waals surface area contributed by atoms with Crippen molar-refractivity contribution in [2.75, 3.05) is 20.1 Å². The first-order valence-corrected chi connectivity index (χ1v) is 4.11. The molecule has 0 bridgehead atoms. The third-order valence-corrected chi connectivity index (χ3v) is 2.66. The molecule has 0 aromatic heterocycles. The summed E-state index contributed by atoms with van der Waals surface area (Å²) >= 11 is 0. The smallest absolute Gasteiger partial charge is 0.0690 e. The normalized spacial score (nSPS) is 24.5. The summed E-state index contributed by atoms with van der Waals surface area (Å²) in [6, 6.07) is 2.40. The molecule has 1 rings (SSSR count). The van der Waals surface area contributed by atoms with Gasteiger partial charge in [0.2, 0.25) is 0 Å². The molecule has 61 valence electrons. The minimum atomic E-state index is -0.105. The van der Waals surface area contributed by atoms with E-state index < -0.39 is 0 Å². The Bertz CT molecular complexity index is 161. The van der Waals surface area contributed by atoms with Gasteiger partial charge in [-0.15, -0.1) is 0 Å². The Balaban J connectivity index is 2.54. The van der Waals surface area contributed by atoms with Crippen LogP contribution in [0.15, 0.2) is 0 Å². The topological polar surface area (TPSA) is 27.0 Å². The summed E-state index contributed by atoms with van der Waals surface area (Å²) in [6.45, 7) is 5.93. The van der Waals surface area contributed by atoms with E-state index in [1.165, 1.54) is 0 Å². The molecule has 0 spiro atoms. The maximum atomic E-state index is 8.92. The molecule has 1 heterocycles. The van der Waals surface area contributed by atoms with Crippen molar-refractivity contribution < 1.29 is 0 Å². The number of nitriles is 1. The van der Waals surface area contributed by atoms with Crippen LogP contribution in [0.2, 0.25) is 0 Å². The standard InChI is InChI=1S/C9H15N2/c1-3-9(8-10)4-6-11(2)7-5-9/h1,3-7H2,2H3. The van der Waals surface area contributed by atoms with E-state index in [1.54, 1.807) is 0 Å². The van der Waals surface area contributed by atoms with Crippen LogP contribution in [-0.2, 0) is 0 Å². The maximum Gasteiger partial charge on any atom is 0.0690 e. The zero-order chi connectivity index (χ0) is 8.32. The molecule has 0 N–H and O–H groups in total. The summed E-state index contributed by atoms with van der Waals surface area (Å²) in [6.07, 6.45) is 2.74. The van der Waals surface area contributed by atoms with Gasteiger partial charge in [-0.2, -0.15) is 5.26 Å². The Morgan fingerprint density at radius 1 is 1.55 bits per heavy atom. The van der Waals surface area contributed by atoms with Gasteiger partial charge in [-0.25, -0.2) is 0 Å². The van der Waals surface area contributed by atoms with Crippen molar-refractivity contribution in [2.24, 2.45) is 5.41 Å². The Morgan fingerprint density at radius 3 is 2.45 bits per heavy atom. The SMILES string of the molecule is [CH2]CC1(C#N)CCN(C)CC1. The zero-order valence-electron chi connectivity index (χ0n) is 7.14. The van der Waals surface area contributed by atoms with Gasteiger partial charge in [-0.1, -0.05) is 6.92 Å². The quantitative estimate of drug-likeness (QED) is 0.567. The second-order valence-corrected chi connectivity index (χ2v) is 3.45. The first-order chi connectivity index (χ1) is 5.22. The number of piperidine rings is 1. The molecule has 2 nitrogen and oxygen atoms in total. The van der Waals surface area contributed by atoms with Gasteiger partial charge in [0, 0.05) is 0 Å². The lowest BCUT2D eigenvalue weighted by molar-refractivity contribution is 0.172. The van der Waals surface area contributed by atoms with E-state index in [0.717, 1.165) is 32.4 Å². The Hall–Kier alpha value is -0.550. The molecule has 0 amide bonds. The summed E-state index contributed by atoms with van der Waals surface area (Å²) in [5, 5.41) is 8.92. The van der Waals surface area contributed by atoms with Crippen LogP contribution in [0.5, 0.6) is 0 Å². The highest BCUT2D eigenvalue weighted by Gasteiger charge is 2.31. The van der Waals surface area contributed by atoms with Gasteiger partial charge < -0.3 is 4.90 Å². The molecular formula is C9H15N2. The van der Waals surface area contributed by atoms with Gasteiger partial charge in [0.05, 0.1) is 11.5 Å². The van der Waals surface area contributed by atoms with Crippen LogP contribution in [0.3, 0.4) is 0 Å². The Labute approximate surface area is 68.8 Å². The van der Waals surface area contributed by atoms with Crippen molar-refractivity contribution in [3.05, 3.63) is 6.92 Å². The fourth-order valence-corrected chi connectivity index (χ4v) is 1.46. The number of hydrogen-bond donors (Lipinski definition) is 0. The third kappa shape index (κ3) is 1.72. The molecule has 0 aromatic carbocycles. The molecule has 11 heavy (non-hydrogen) atoms. The van der Waals surface area contributed by atoms with Crippen LogP contribution in [0.25, 0.3) is 0 Å². The first kappa shape index (κ1) is 8.55. The summed E-state index contributed by atoms with van der Waals surface area (Å²) in [4.78, 5) is 2.27. The third-order valence-electron chi connectivity index (χ3n) is 2.66. The molecule has 1 aliphatic heterocycles. The van der Waals surface area contributed by atoms with Gasteiger partial charge in [0.1, 0.15) is 0 Å². The molecule has 2 heteroatoms. The van der Waals surface area contributed by atoms with Crippen molar-refractivity contribution in [2.45, 2.75) is 19.3 Å². The van der Waals surface area contributed by atoms with Crippen LogP contribution in [0, 0.1) is 23.7 Å². The van der Waals surface area contributed by atoms with Crippen LogP contribution in [0.4, 0.5) is 0 Å². The van der Waals surface area contributed by atoms with Crippen molar-refractivity contribution in [3.8, 4) is 6.07 Å². The maximum absolute atomic E-state index is 8.92. The molecular weight excluding hydrogens is 136 g/mol.